The third kappa shape index (κ3) is 4.66. The largest absolute Gasteiger partial charge is 0.457 e. The molecule has 0 bridgehead atoms. The molecule has 0 aliphatic heterocycles. The Morgan fingerprint density at radius 2 is 1.97 bits per heavy atom. The van der Waals surface area contributed by atoms with Gasteiger partial charge in [-0.15, -0.1) is 11.3 Å². The maximum absolute atomic E-state index is 11.4. The Morgan fingerprint density at radius 3 is 2.76 bits per heavy atom. The molecule has 8 heteroatoms. The van der Waals surface area contributed by atoms with Gasteiger partial charge in [-0.05, 0) is 54.8 Å². The number of ether oxygens (including phenoxy) is 1. The Bertz CT molecular complexity index is 1490. The van der Waals surface area contributed by atoms with Crippen LogP contribution in [0, 0.1) is 0 Å². The molecular formula is C26H21ClN4O2S. The van der Waals surface area contributed by atoms with Gasteiger partial charge in [0.2, 0.25) is 5.95 Å². The fourth-order valence-electron chi connectivity index (χ4n) is 3.72. The molecule has 6 nitrogen and oxygen atoms in total. The van der Waals surface area contributed by atoms with E-state index in [0.717, 1.165) is 27.2 Å². The number of rotatable bonds is 7. The summed E-state index contributed by atoms with van der Waals surface area (Å²) >= 11 is 8.08. The third-order valence-electron chi connectivity index (χ3n) is 5.32. The summed E-state index contributed by atoms with van der Waals surface area (Å²) in [5.74, 6) is 2.05. The van der Waals surface area contributed by atoms with E-state index in [1.807, 2.05) is 59.5 Å². The van der Waals surface area contributed by atoms with E-state index in [4.69, 9.17) is 21.3 Å². The van der Waals surface area contributed by atoms with Crippen molar-refractivity contribution in [3.63, 3.8) is 0 Å². The van der Waals surface area contributed by atoms with Crippen molar-refractivity contribution in [3.05, 3.63) is 83.0 Å². The normalized spacial score (nSPS) is 11.0. The van der Waals surface area contributed by atoms with E-state index in [1.54, 1.807) is 36.6 Å². The number of nitrogens with zero attached hydrogens (tertiary/aromatic N) is 3. The van der Waals surface area contributed by atoms with Crippen molar-refractivity contribution < 1.29 is 9.53 Å². The van der Waals surface area contributed by atoms with E-state index in [0.29, 0.717) is 28.2 Å². The fraction of sp³-hybridized carbons (Fsp3) is 0.115. The Kier molecular flexibility index (Phi) is 6.04. The lowest BCUT2D eigenvalue weighted by Crippen LogP contribution is -1.99. The number of carbonyl (C=O) groups excluding carboxylic acids is 1. The number of aryl methyl sites for hydroxylation is 1. The Hall–Kier alpha value is -3.68. The molecule has 0 atom stereocenters. The molecular weight excluding hydrogens is 468 g/mol. The van der Waals surface area contributed by atoms with E-state index >= 15 is 0 Å². The van der Waals surface area contributed by atoms with Crippen LogP contribution in [-0.4, -0.2) is 20.3 Å². The number of Topliss-reactive ketones (excluding diaryl/α,β-unsaturated/α-hetero) is 1. The zero-order chi connectivity index (χ0) is 23.7. The molecule has 2 aromatic carbocycles. The number of benzene rings is 2. The maximum Gasteiger partial charge on any atom is 0.208 e. The lowest BCUT2D eigenvalue weighted by Gasteiger charge is -2.09. The van der Waals surface area contributed by atoms with Crippen LogP contribution < -0.4 is 10.1 Å². The van der Waals surface area contributed by atoms with Gasteiger partial charge < -0.3 is 14.6 Å². The van der Waals surface area contributed by atoms with Crippen LogP contribution in [0.5, 0.6) is 11.5 Å². The smallest absolute Gasteiger partial charge is 0.208 e. The van der Waals surface area contributed by atoms with E-state index < -0.39 is 0 Å². The van der Waals surface area contributed by atoms with E-state index in [-0.39, 0.29) is 12.2 Å². The van der Waals surface area contributed by atoms with Crippen molar-refractivity contribution in [2.75, 3.05) is 5.32 Å². The number of imidazole rings is 1. The Morgan fingerprint density at radius 1 is 1.12 bits per heavy atom. The second-order valence-corrected chi connectivity index (χ2v) is 9.26. The number of thiophene rings is 1. The summed E-state index contributed by atoms with van der Waals surface area (Å²) < 4.78 is 8.01. The predicted octanol–water partition coefficient (Wildman–Crippen LogP) is 7.02. The lowest BCUT2D eigenvalue weighted by atomic mass is 10.1. The SMILES string of the molecule is CC(=O)Cc1cc(Oc2ccc3c(c2)nc(Nc2ccc(Cl)c(-c4cccs4)c2)n3C)ccn1. The topological polar surface area (TPSA) is 69.0 Å². The molecule has 5 aromatic rings. The number of halogens is 1. The van der Waals surface area contributed by atoms with Crippen LogP contribution in [0.3, 0.4) is 0 Å². The minimum Gasteiger partial charge on any atom is -0.457 e. The minimum absolute atomic E-state index is 0.0581. The molecule has 34 heavy (non-hydrogen) atoms. The number of aromatic nitrogens is 3. The molecule has 0 unspecified atom stereocenters. The monoisotopic (exact) mass is 488 g/mol. The molecule has 3 aromatic heterocycles. The molecule has 0 saturated carbocycles. The summed E-state index contributed by atoms with van der Waals surface area (Å²) in [6.07, 6.45) is 1.93. The first-order chi connectivity index (χ1) is 16.5. The number of nitrogens with one attached hydrogen (secondary N) is 1. The molecule has 0 radical (unpaired) electrons. The average molecular weight is 489 g/mol. The highest BCUT2D eigenvalue weighted by Gasteiger charge is 2.12. The third-order valence-corrected chi connectivity index (χ3v) is 6.55. The van der Waals surface area contributed by atoms with Crippen LogP contribution in [0.4, 0.5) is 11.6 Å². The van der Waals surface area contributed by atoms with Crippen LogP contribution in [0.2, 0.25) is 5.02 Å². The van der Waals surface area contributed by atoms with Crippen molar-refractivity contribution in [2.45, 2.75) is 13.3 Å². The fourth-order valence-corrected chi connectivity index (χ4v) is 4.75. The van der Waals surface area contributed by atoms with E-state index in [2.05, 4.69) is 16.4 Å². The van der Waals surface area contributed by atoms with Gasteiger partial charge in [0.05, 0.1) is 16.7 Å². The van der Waals surface area contributed by atoms with Crippen molar-refractivity contribution in [1.29, 1.82) is 0 Å². The van der Waals surface area contributed by atoms with Gasteiger partial charge in [0.1, 0.15) is 17.3 Å². The first-order valence-electron chi connectivity index (χ1n) is 10.7. The van der Waals surface area contributed by atoms with Gasteiger partial charge in [-0.2, -0.15) is 0 Å². The van der Waals surface area contributed by atoms with Gasteiger partial charge in [-0.3, -0.25) is 9.78 Å². The van der Waals surface area contributed by atoms with Crippen LogP contribution in [-0.2, 0) is 18.3 Å². The number of anilines is 2. The highest BCUT2D eigenvalue weighted by atomic mass is 35.5. The number of pyridine rings is 1. The summed E-state index contributed by atoms with van der Waals surface area (Å²) in [5, 5.41) is 6.15. The second kappa shape index (κ2) is 9.29. The summed E-state index contributed by atoms with van der Waals surface area (Å²) in [4.78, 5) is 21.5. The first kappa shape index (κ1) is 22.1. The van der Waals surface area contributed by atoms with Crippen LogP contribution in [0.15, 0.2) is 72.2 Å². The van der Waals surface area contributed by atoms with Gasteiger partial charge in [0, 0.05) is 52.9 Å². The average Bonchev–Trinajstić information content (AvgIpc) is 3.44. The molecule has 0 spiro atoms. The molecule has 0 fully saturated rings. The molecule has 0 aliphatic rings. The maximum atomic E-state index is 11.4. The van der Waals surface area contributed by atoms with E-state index in [1.165, 1.54) is 0 Å². The van der Waals surface area contributed by atoms with Crippen LogP contribution in [0.25, 0.3) is 21.5 Å². The minimum atomic E-state index is 0.0581. The summed E-state index contributed by atoms with van der Waals surface area (Å²) in [6.45, 7) is 1.54. The zero-order valence-corrected chi connectivity index (χ0v) is 20.2. The molecule has 0 aliphatic carbocycles. The Balaban J connectivity index is 1.40. The molecule has 3 heterocycles. The highest BCUT2D eigenvalue weighted by molar-refractivity contribution is 7.13. The number of fused-ring (bicyclic) bond motifs is 1. The highest BCUT2D eigenvalue weighted by Crippen LogP contribution is 2.35. The molecule has 170 valence electrons. The van der Waals surface area contributed by atoms with Gasteiger partial charge in [-0.1, -0.05) is 17.7 Å². The number of ketones is 1. The van der Waals surface area contributed by atoms with E-state index in [9.17, 15) is 4.79 Å². The zero-order valence-electron chi connectivity index (χ0n) is 18.6. The molecule has 5 rings (SSSR count). The number of hydrogen-bond acceptors (Lipinski definition) is 6. The Labute approximate surface area is 205 Å². The summed E-state index contributed by atoms with van der Waals surface area (Å²) in [5.41, 5.74) is 4.33. The summed E-state index contributed by atoms with van der Waals surface area (Å²) in [6, 6.07) is 19.2. The molecule has 0 saturated heterocycles. The summed E-state index contributed by atoms with van der Waals surface area (Å²) in [7, 11) is 1.96. The standard InChI is InChI=1S/C26H21ClN4O2S/c1-16(32)12-18-13-20(9-10-28-18)33-19-6-8-24-23(15-19)30-26(31(24)2)29-17-5-7-22(27)21(14-17)25-4-3-11-34-25/h3-11,13-15H,12H2,1-2H3,(H,29,30). The van der Waals surface area contributed by atoms with Crippen LogP contribution >= 0.6 is 22.9 Å². The van der Waals surface area contributed by atoms with Crippen molar-refractivity contribution >= 4 is 51.4 Å². The number of hydrogen-bond donors (Lipinski definition) is 1. The van der Waals surface area contributed by atoms with Crippen molar-refractivity contribution in [1.82, 2.24) is 14.5 Å². The van der Waals surface area contributed by atoms with Gasteiger partial charge >= 0.3 is 0 Å². The first-order valence-corrected chi connectivity index (χ1v) is 11.9. The van der Waals surface area contributed by atoms with Crippen molar-refractivity contribution in [3.8, 4) is 21.9 Å². The molecule has 1 N–H and O–H groups in total. The number of carbonyl (C=O) groups is 1. The van der Waals surface area contributed by atoms with Gasteiger partial charge in [0.25, 0.3) is 0 Å². The molecule has 0 amide bonds. The quantitative estimate of drug-likeness (QED) is 0.266. The van der Waals surface area contributed by atoms with Crippen LogP contribution in [0.1, 0.15) is 12.6 Å². The van der Waals surface area contributed by atoms with Gasteiger partial charge in [0.15, 0.2) is 0 Å². The van der Waals surface area contributed by atoms with Crippen molar-refractivity contribution in [2.24, 2.45) is 7.05 Å². The van der Waals surface area contributed by atoms with Gasteiger partial charge in [-0.25, -0.2) is 4.98 Å². The predicted molar refractivity (Wildman–Crippen MR) is 137 cm³/mol. The second-order valence-electron chi connectivity index (χ2n) is 7.91. The lowest BCUT2D eigenvalue weighted by molar-refractivity contribution is -0.116.